The van der Waals surface area contributed by atoms with Gasteiger partial charge in [0.15, 0.2) is 0 Å². The lowest BCUT2D eigenvalue weighted by Crippen LogP contribution is -2.57. The second-order valence-corrected chi connectivity index (χ2v) is 6.26. The van der Waals surface area contributed by atoms with Crippen LogP contribution < -0.4 is 10.6 Å². The van der Waals surface area contributed by atoms with Crippen LogP contribution in [0, 0.1) is 5.92 Å². The van der Waals surface area contributed by atoms with Gasteiger partial charge in [-0.1, -0.05) is 37.8 Å². The standard InChI is InChI=1S/C18H21N3O2/c1-3-13-6-7-15(14-5-4-8-20-16(13)14)18(21-17(22)23)9-12(2)10-19-11-18/h3-8,12,19,21H,1,9-11H2,2H3,(H,22,23)/t12-,18-/m0/s1. The van der Waals surface area contributed by atoms with Crippen molar-refractivity contribution in [3.05, 3.63) is 48.2 Å². The highest BCUT2D eigenvalue weighted by Crippen LogP contribution is 2.36. The van der Waals surface area contributed by atoms with Crippen molar-refractivity contribution in [3.8, 4) is 0 Å². The van der Waals surface area contributed by atoms with Crippen molar-refractivity contribution in [2.45, 2.75) is 18.9 Å². The minimum atomic E-state index is -1.01. The first-order valence-electron chi connectivity index (χ1n) is 7.78. The highest BCUT2D eigenvalue weighted by atomic mass is 16.4. The Labute approximate surface area is 135 Å². The molecule has 3 N–H and O–H groups in total. The first-order valence-corrected chi connectivity index (χ1v) is 7.78. The van der Waals surface area contributed by atoms with E-state index in [4.69, 9.17) is 0 Å². The summed E-state index contributed by atoms with van der Waals surface area (Å²) in [6, 6.07) is 7.83. The molecule has 0 unspecified atom stereocenters. The van der Waals surface area contributed by atoms with Gasteiger partial charge in [0.05, 0.1) is 11.1 Å². The molecule has 1 aromatic heterocycles. The molecule has 3 rings (SSSR count). The molecule has 1 aromatic carbocycles. The van der Waals surface area contributed by atoms with Gasteiger partial charge in [0.2, 0.25) is 0 Å². The van der Waals surface area contributed by atoms with Gasteiger partial charge in [-0.2, -0.15) is 0 Å². The number of nitrogens with zero attached hydrogens (tertiary/aromatic N) is 1. The maximum Gasteiger partial charge on any atom is 0.405 e. The fraction of sp³-hybridized carbons (Fsp3) is 0.333. The molecular weight excluding hydrogens is 290 g/mol. The summed E-state index contributed by atoms with van der Waals surface area (Å²) in [6.45, 7) is 7.43. The van der Waals surface area contributed by atoms with Gasteiger partial charge in [0.1, 0.15) is 0 Å². The summed E-state index contributed by atoms with van der Waals surface area (Å²) < 4.78 is 0. The molecule has 2 heterocycles. The average molecular weight is 311 g/mol. The van der Waals surface area contributed by atoms with E-state index in [0.29, 0.717) is 12.5 Å². The molecule has 120 valence electrons. The van der Waals surface area contributed by atoms with E-state index >= 15 is 0 Å². The van der Waals surface area contributed by atoms with Crippen LogP contribution in [0.1, 0.15) is 24.5 Å². The fourth-order valence-corrected chi connectivity index (χ4v) is 3.62. The Bertz CT molecular complexity index is 759. The van der Waals surface area contributed by atoms with Crippen molar-refractivity contribution in [3.63, 3.8) is 0 Å². The summed E-state index contributed by atoms with van der Waals surface area (Å²) in [4.78, 5) is 15.9. The third kappa shape index (κ3) is 2.80. The van der Waals surface area contributed by atoms with E-state index in [2.05, 4.69) is 29.1 Å². The number of piperidine rings is 1. The Morgan fingerprint density at radius 2 is 2.35 bits per heavy atom. The van der Waals surface area contributed by atoms with Crippen LogP contribution in [0.5, 0.6) is 0 Å². The summed E-state index contributed by atoms with van der Waals surface area (Å²) >= 11 is 0. The summed E-state index contributed by atoms with van der Waals surface area (Å²) in [6.07, 6.45) is 3.27. The molecule has 5 heteroatoms. The molecule has 23 heavy (non-hydrogen) atoms. The number of pyridine rings is 1. The van der Waals surface area contributed by atoms with Gasteiger partial charge in [0, 0.05) is 23.7 Å². The molecule has 1 fully saturated rings. The van der Waals surface area contributed by atoms with Crippen molar-refractivity contribution in [1.82, 2.24) is 15.6 Å². The maximum absolute atomic E-state index is 11.4. The van der Waals surface area contributed by atoms with Crippen LogP contribution in [0.4, 0.5) is 4.79 Å². The zero-order chi connectivity index (χ0) is 16.4. The Balaban J connectivity index is 2.22. The van der Waals surface area contributed by atoms with Crippen molar-refractivity contribution in [2.24, 2.45) is 5.92 Å². The van der Waals surface area contributed by atoms with Gasteiger partial charge in [-0.15, -0.1) is 0 Å². The molecular formula is C18H21N3O2. The average Bonchev–Trinajstić information content (AvgIpc) is 2.53. The van der Waals surface area contributed by atoms with Crippen LogP contribution in [0.25, 0.3) is 17.0 Å². The predicted octanol–water partition coefficient (Wildman–Crippen LogP) is 2.97. The zero-order valence-corrected chi connectivity index (χ0v) is 13.2. The lowest BCUT2D eigenvalue weighted by molar-refractivity contribution is 0.156. The molecule has 5 nitrogen and oxygen atoms in total. The fourth-order valence-electron chi connectivity index (χ4n) is 3.62. The Morgan fingerprint density at radius 1 is 1.52 bits per heavy atom. The van der Waals surface area contributed by atoms with Crippen LogP contribution in [-0.2, 0) is 5.54 Å². The number of carboxylic acid groups (broad SMARTS) is 1. The number of benzene rings is 1. The lowest BCUT2D eigenvalue weighted by Gasteiger charge is -2.41. The van der Waals surface area contributed by atoms with Crippen LogP contribution in [0.15, 0.2) is 37.0 Å². The Morgan fingerprint density at radius 3 is 3.04 bits per heavy atom. The molecule has 0 radical (unpaired) electrons. The summed E-state index contributed by atoms with van der Waals surface area (Å²) in [5.41, 5.74) is 2.12. The monoisotopic (exact) mass is 311 g/mol. The molecule has 2 atom stereocenters. The number of aromatic nitrogens is 1. The predicted molar refractivity (Wildman–Crippen MR) is 91.3 cm³/mol. The topological polar surface area (TPSA) is 74.2 Å². The quantitative estimate of drug-likeness (QED) is 0.814. The summed E-state index contributed by atoms with van der Waals surface area (Å²) in [5, 5.41) is 16.5. The molecule has 1 saturated heterocycles. The van der Waals surface area contributed by atoms with E-state index < -0.39 is 11.6 Å². The van der Waals surface area contributed by atoms with Crippen molar-refractivity contribution < 1.29 is 9.90 Å². The lowest BCUT2D eigenvalue weighted by atomic mass is 9.77. The number of nitrogens with one attached hydrogen (secondary N) is 2. The van der Waals surface area contributed by atoms with Crippen LogP contribution in [0.2, 0.25) is 0 Å². The van der Waals surface area contributed by atoms with Crippen LogP contribution in [-0.4, -0.2) is 29.3 Å². The molecule has 0 aliphatic carbocycles. The number of fused-ring (bicyclic) bond motifs is 1. The van der Waals surface area contributed by atoms with Gasteiger partial charge >= 0.3 is 6.09 Å². The minimum absolute atomic E-state index is 0.376. The number of hydrogen-bond acceptors (Lipinski definition) is 3. The van der Waals surface area contributed by atoms with Gasteiger partial charge in [-0.3, -0.25) is 4.98 Å². The van der Waals surface area contributed by atoms with E-state index in [9.17, 15) is 9.90 Å². The van der Waals surface area contributed by atoms with Crippen molar-refractivity contribution >= 4 is 23.1 Å². The molecule has 0 spiro atoms. The van der Waals surface area contributed by atoms with E-state index in [1.807, 2.05) is 24.3 Å². The second kappa shape index (κ2) is 6.01. The van der Waals surface area contributed by atoms with Gasteiger partial charge < -0.3 is 15.7 Å². The highest BCUT2D eigenvalue weighted by molar-refractivity contribution is 5.90. The Hall–Kier alpha value is -2.40. The van der Waals surface area contributed by atoms with E-state index in [0.717, 1.165) is 35.0 Å². The maximum atomic E-state index is 11.4. The minimum Gasteiger partial charge on any atom is -0.465 e. The zero-order valence-electron chi connectivity index (χ0n) is 13.2. The summed E-state index contributed by atoms with van der Waals surface area (Å²) in [7, 11) is 0. The normalized spacial score (nSPS) is 24.3. The van der Waals surface area contributed by atoms with E-state index in [1.54, 1.807) is 12.3 Å². The first kappa shape index (κ1) is 15.5. The SMILES string of the molecule is C=Cc1ccc([C@@]2(NC(=O)O)CNC[C@@H](C)C2)c2cccnc12. The number of hydrogen-bond donors (Lipinski definition) is 3. The highest BCUT2D eigenvalue weighted by Gasteiger charge is 2.39. The Kier molecular flexibility index (Phi) is 4.05. The third-order valence-corrected chi connectivity index (χ3v) is 4.50. The number of carbonyl (C=O) groups is 1. The van der Waals surface area contributed by atoms with Gasteiger partial charge in [-0.25, -0.2) is 4.79 Å². The third-order valence-electron chi connectivity index (χ3n) is 4.50. The van der Waals surface area contributed by atoms with E-state index in [1.165, 1.54) is 0 Å². The first-order chi connectivity index (χ1) is 11.1. The second-order valence-electron chi connectivity index (χ2n) is 6.26. The summed E-state index contributed by atoms with van der Waals surface area (Å²) in [5.74, 6) is 0.376. The molecule has 1 aliphatic heterocycles. The molecule has 0 saturated carbocycles. The molecule has 1 aliphatic rings. The van der Waals surface area contributed by atoms with Gasteiger partial charge in [-0.05, 0) is 30.5 Å². The smallest absolute Gasteiger partial charge is 0.405 e. The number of rotatable bonds is 3. The van der Waals surface area contributed by atoms with Crippen LogP contribution >= 0.6 is 0 Å². The van der Waals surface area contributed by atoms with Crippen molar-refractivity contribution in [1.29, 1.82) is 0 Å². The molecule has 1 amide bonds. The van der Waals surface area contributed by atoms with Crippen LogP contribution in [0.3, 0.4) is 0 Å². The molecule has 2 aromatic rings. The van der Waals surface area contributed by atoms with E-state index in [-0.39, 0.29) is 0 Å². The molecule has 0 bridgehead atoms. The largest absolute Gasteiger partial charge is 0.465 e. The number of amides is 1. The van der Waals surface area contributed by atoms with Gasteiger partial charge in [0.25, 0.3) is 0 Å². The van der Waals surface area contributed by atoms with Crippen molar-refractivity contribution in [2.75, 3.05) is 13.1 Å².